The number of amides is 1. The Morgan fingerprint density at radius 1 is 1.00 bits per heavy atom. The van der Waals surface area contributed by atoms with Crippen LogP contribution in [0.1, 0.15) is 24.8 Å². The molecular weight excluding hydrogens is 443 g/mol. The number of carbonyl (C=O) groups excluding carboxylic acids is 1. The molecule has 1 atom stereocenters. The number of nitrogens with one attached hydrogen (secondary N) is 1. The average molecular weight is 462 g/mol. The first-order chi connectivity index (χ1) is 13.3. The normalized spacial score (nSPS) is 18.0. The Balaban J connectivity index is 2.03. The van der Waals surface area contributed by atoms with Gasteiger partial charge in [0.1, 0.15) is 6.04 Å². The van der Waals surface area contributed by atoms with Crippen molar-refractivity contribution in [3.05, 3.63) is 63.1 Å². The Labute approximate surface area is 179 Å². The Bertz CT molecular complexity index is 965. The fraction of sp³-hybridized carbons (Fsp3) is 0.316. The topological polar surface area (TPSA) is 66.5 Å². The van der Waals surface area contributed by atoms with E-state index in [1.807, 2.05) is 0 Å². The van der Waals surface area contributed by atoms with Crippen LogP contribution in [0.2, 0.25) is 15.1 Å². The van der Waals surface area contributed by atoms with Crippen molar-refractivity contribution in [2.45, 2.75) is 36.7 Å². The highest BCUT2D eigenvalue weighted by molar-refractivity contribution is 7.89. The molecule has 1 N–H and O–H groups in total. The van der Waals surface area contributed by atoms with Crippen molar-refractivity contribution in [2.24, 2.45) is 0 Å². The van der Waals surface area contributed by atoms with Crippen LogP contribution < -0.4 is 5.32 Å². The van der Waals surface area contributed by atoms with Crippen LogP contribution in [0.25, 0.3) is 0 Å². The van der Waals surface area contributed by atoms with E-state index in [4.69, 9.17) is 34.8 Å². The maximum absolute atomic E-state index is 13.4. The van der Waals surface area contributed by atoms with Gasteiger partial charge in [0.15, 0.2) is 0 Å². The first-order valence-corrected chi connectivity index (χ1v) is 11.4. The van der Waals surface area contributed by atoms with Crippen molar-refractivity contribution < 1.29 is 13.2 Å². The predicted molar refractivity (Wildman–Crippen MR) is 111 cm³/mol. The smallest absolute Gasteiger partial charge is 0.244 e. The van der Waals surface area contributed by atoms with Crippen LogP contribution in [0.15, 0.2) is 47.4 Å². The van der Waals surface area contributed by atoms with Crippen molar-refractivity contribution in [2.75, 3.05) is 6.54 Å². The van der Waals surface area contributed by atoms with Crippen LogP contribution in [0.3, 0.4) is 0 Å². The van der Waals surface area contributed by atoms with Crippen LogP contribution in [-0.2, 0) is 21.4 Å². The highest BCUT2D eigenvalue weighted by Gasteiger charge is 2.36. The molecule has 1 fully saturated rings. The number of benzene rings is 2. The molecule has 5 nitrogen and oxygen atoms in total. The molecule has 150 valence electrons. The highest BCUT2D eigenvalue weighted by Crippen LogP contribution is 2.28. The zero-order chi connectivity index (χ0) is 20.3. The van der Waals surface area contributed by atoms with E-state index < -0.39 is 16.1 Å². The van der Waals surface area contributed by atoms with Gasteiger partial charge in [-0.2, -0.15) is 4.31 Å². The standard InChI is InChI=1S/C19H19Cl3N2O3S/c20-14-5-7-15(8-6-14)28(26,27)24(18-3-1-2-10-23-19(18)25)12-13-4-9-16(21)17(22)11-13/h4-9,11,18H,1-3,10,12H2,(H,23,25). The van der Waals surface area contributed by atoms with Crippen molar-refractivity contribution in [1.82, 2.24) is 9.62 Å². The molecule has 0 spiro atoms. The molecule has 9 heteroatoms. The molecule has 0 radical (unpaired) electrons. The molecule has 28 heavy (non-hydrogen) atoms. The first kappa shape index (κ1) is 21.4. The van der Waals surface area contributed by atoms with Gasteiger partial charge in [-0.05, 0) is 61.2 Å². The van der Waals surface area contributed by atoms with E-state index >= 15 is 0 Å². The second-order valence-corrected chi connectivity index (χ2v) is 9.70. The fourth-order valence-corrected chi connectivity index (χ4v) is 5.17. The van der Waals surface area contributed by atoms with Crippen molar-refractivity contribution in [3.63, 3.8) is 0 Å². The maximum Gasteiger partial charge on any atom is 0.244 e. The van der Waals surface area contributed by atoms with Gasteiger partial charge in [-0.25, -0.2) is 8.42 Å². The van der Waals surface area contributed by atoms with E-state index in [1.165, 1.54) is 28.6 Å². The average Bonchev–Trinajstić information content (AvgIpc) is 2.87. The quantitative estimate of drug-likeness (QED) is 0.712. The lowest BCUT2D eigenvalue weighted by Gasteiger charge is -2.29. The predicted octanol–water partition coefficient (Wildman–Crippen LogP) is 4.51. The van der Waals surface area contributed by atoms with E-state index in [0.717, 1.165) is 12.8 Å². The summed E-state index contributed by atoms with van der Waals surface area (Å²) in [4.78, 5) is 12.7. The van der Waals surface area contributed by atoms with Crippen LogP contribution in [-0.4, -0.2) is 31.2 Å². The zero-order valence-corrected chi connectivity index (χ0v) is 18.0. The molecule has 1 aliphatic rings. The van der Waals surface area contributed by atoms with Gasteiger partial charge in [-0.15, -0.1) is 0 Å². The lowest BCUT2D eigenvalue weighted by molar-refractivity contribution is -0.124. The van der Waals surface area contributed by atoms with Crippen LogP contribution in [0.5, 0.6) is 0 Å². The minimum absolute atomic E-state index is 0.0000642. The van der Waals surface area contributed by atoms with Crippen molar-refractivity contribution in [1.29, 1.82) is 0 Å². The number of carbonyl (C=O) groups is 1. The maximum atomic E-state index is 13.4. The SMILES string of the molecule is O=C1NCCCCC1N(Cc1ccc(Cl)c(Cl)c1)S(=O)(=O)c1ccc(Cl)cc1. The molecule has 0 aromatic heterocycles. The summed E-state index contributed by atoms with van der Waals surface area (Å²) in [7, 11) is -3.95. The lowest BCUT2D eigenvalue weighted by Crippen LogP contribution is -2.48. The molecule has 1 amide bonds. The van der Waals surface area contributed by atoms with E-state index in [9.17, 15) is 13.2 Å². The van der Waals surface area contributed by atoms with Crippen molar-refractivity contribution >= 4 is 50.7 Å². The van der Waals surface area contributed by atoms with E-state index in [-0.39, 0.29) is 17.3 Å². The van der Waals surface area contributed by atoms with Gasteiger partial charge >= 0.3 is 0 Å². The second-order valence-electron chi connectivity index (χ2n) is 6.56. The summed E-state index contributed by atoms with van der Waals surface area (Å²) in [6.07, 6.45) is 2.00. The summed E-state index contributed by atoms with van der Waals surface area (Å²) in [5, 5.41) is 3.94. The molecule has 3 rings (SSSR count). The number of halogens is 3. The number of hydrogen-bond donors (Lipinski definition) is 1. The summed E-state index contributed by atoms with van der Waals surface area (Å²) in [5.74, 6) is -0.296. The minimum atomic E-state index is -3.95. The van der Waals surface area contributed by atoms with Gasteiger partial charge in [-0.3, -0.25) is 4.79 Å². The molecule has 0 saturated carbocycles. The third-order valence-electron chi connectivity index (χ3n) is 4.60. The second kappa shape index (κ2) is 9.01. The minimum Gasteiger partial charge on any atom is -0.355 e. The molecule has 1 heterocycles. The molecular formula is C19H19Cl3N2O3S. The van der Waals surface area contributed by atoms with Gasteiger partial charge < -0.3 is 5.32 Å². The molecule has 1 saturated heterocycles. The van der Waals surface area contributed by atoms with Gasteiger partial charge in [0.25, 0.3) is 0 Å². The van der Waals surface area contributed by atoms with E-state index in [0.29, 0.717) is 33.6 Å². The molecule has 0 aliphatic carbocycles. The Hall–Kier alpha value is -1.31. The molecule has 2 aromatic rings. The van der Waals surface area contributed by atoms with Gasteiger partial charge in [-0.1, -0.05) is 40.9 Å². The Kier molecular flexibility index (Phi) is 6.89. The Morgan fingerprint density at radius 3 is 2.39 bits per heavy atom. The van der Waals surface area contributed by atoms with Crippen molar-refractivity contribution in [3.8, 4) is 0 Å². The van der Waals surface area contributed by atoms with E-state index in [2.05, 4.69) is 5.32 Å². The molecule has 0 bridgehead atoms. The summed E-state index contributed by atoms with van der Waals surface area (Å²) in [6.45, 7) is 0.539. The lowest BCUT2D eigenvalue weighted by atomic mass is 10.1. The summed E-state index contributed by atoms with van der Waals surface area (Å²) in [5.41, 5.74) is 0.643. The van der Waals surface area contributed by atoms with E-state index in [1.54, 1.807) is 18.2 Å². The largest absolute Gasteiger partial charge is 0.355 e. The first-order valence-electron chi connectivity index (χ1n) is 8.78. The van der Waals surface area contributed by atoms with Gasteiger partial charge in [0, 0.05) is 18.1 Å². The van der Waals surface area contributed by atoms with Crippen LogP contribution in [0.4, 0.5) is 0 Å². The zero-order valence-electron chi connectivity index (χ0n) is 14.9. The van der Waals surface area contributed by atoms with Gasteiger partial charge in [0.2, 0.25) is 15.9 Å². The Morgan fingerprint density at radius 2 is 1.71 bits per heavy atom. The number of rotatable bonds is 5. The number of nitrogens with zero attached hydrogens (tertiary/aromatic N) is 1. The molecule has 2 aromatic carbocycles. The third kappa shape index (κ3) is 4.81. The fourth-order valence-electron chi connectivity index (χ4n) is 3.12. The van der Waals surface area contributed by atoms with Crippen LogP contribution >= 0.6 is 34.8 Å². The third-order valence-corrected chi connectivity index (χ3v) is 7.46. The number of sulfonamides is 1. The van der Waals surface area contributed by atoms with Crippen LogP contribution in [0, 0.1) is 0 Å². The van der Waals surface area contributed by atoms with Gasteiger partial charge in [0.05, 0.1) is 14.9 Å². The summed E-state index contributed by atoms with van der Waals surface area (Å²) < 4.78 is 28.0. The monoisotopic (exact) mass is 460 g/mol. The summed E-state index contributed by atoms with van der Waals surface area (Å²) >= 11 is 18.0. The number of hydrogen-bond acceptors (Lipinski definition) is 3. The summed E-state index contributed by atoms with van der Waals surface area (Å²) in [6, 6.07) is 10.0. The highest BCUT2D eigenvalue weighted by atomic mass is 35.5. The molecule has 1 aliphatic heterocycles. The molecule has 1 unspecified atom stereocenters.